The highest BCUT2D eigenvalue weighted by Crippen LogP contribution is 2.39. The number of nitrogens with two attached hydrogens (primary N) is 2. The molecule has 0 saturated heterocycles. The zero-order valence-corrected chi connectivity index (χ0v) is 9.17. The first-order chi connectivity index (χ1) is 7.16. The van der Waals surface area contributed by atoms with Gasteiger partial charge < -0.3 is 11.5 Å². The number of hydrogen-bond acceptors (Lipinski definition) is 3. The summed E-state index contributed by atoms with van der Waals surface area (Å²) < 4.78 is 0. The zero-order chi connectivity index (χ0) is 10.8. The Morgan fingerprint density at radius 2 is 1.93 bits per heavy atom. The summed E-state index contributed by atoms with van der Waals surface area (Å²) >= 11 is 1.88. The van der Waals surface area contributed by atoms with Crippen molar-refractivity contribution in [2.45, 2.75) is 29.0 Å². The van der Waals surface area contributed by atoms with Crippen molar-refractivity contribution in [1.82, 2.24) is 0 Å². The predicted octanol–water partition coefficient (Wildman–Crippen LogP) is 1.43. The SMILES string of the molecule is NC(=O)C(N)c1ccc(SC2CC2)cc1. The van der Waals surface area contributed by atoms with Crippen LogP contribution in [-0.4, -0.2) is 11.2 Å². The molecule has 1 aromatic carbocycles. The van der Waals surface area contributed by atoms with Crippen molar-refractivity contribution in [2.24, 2.45) is 11.5 Å². The fourth-order valence-corrected chi connectivity index (χ4v) is 2.35. The van der Waals surface area contributed by atoms with E-state index in [0.29, 0.717) is 0 Å². The molecule has 3 nitrogen and oxygen atoms in total. The summed E-state index contributed by atoms with van der Waals surface area (Å²) in [4.78, 5) is 12.1. The van der Waals surface area contributed by atoms with Gasteiger partial charge in [0, 0.05) is 10.1 Å². The van der Waals surface area contributed by atoms with E-state index in [9.17, 15) is 4.79 Å². The number of benzene rings is 1. The van der Waals surface area contributed by atoms with Gasteiger partial charge in [0.1, 0.15) is 6.04 Å². The van der Waals surface area contributed by atoms with E-state index in [-0.39, 0.29) is 0 Å². The topological polar surface area (TPSA) is 69.1 Å². The van der Waals surface area contributed by atoms with Gasteiger partial charge in [-0.1, -0.05) is 12.1 Å². The summed E-state index contributed by atoms with van der Waals surface area (Å²) in [6.45, 7) is 0. The zero-order valence-electron chi connectivity index (χ0n) is 8.35. The normalized spacial score (nSPS) is 17.4. The number of primary amides is 1. The van der Waals surface area contributed by atoms with Crippen LogP contribution in [0.25, 0.3) is 0 Å². The summed E-state index contributed by atoms with van der Waals surface area (Å²) in [7, 11) is 0. The van der Waals surface area contributed by atoms with Crippen molar-refractivity contribution >= 4 is 17.7 Å². The van der Waals surface area contributed by atoms with Crippen LogP contribution < -0.4 is 11.5 Å². The number of carbonyl (C=O) groups excluding carboxylic acids is 1. The molecule has 1 amide bonds. The Morgan fingerprint density at radius 3 is 2.40 bits per heavy atom. The molecule has 1 aliphatic carbocycles. The fourth-order valence-electron chi connectivity index (χ4n) is 1.30. The van der Waals surface area contributed by atoms with Gasteiger partial charge in [-0.15, -0.1) is 11.8 Å². The summed E-state index contributed by atoms with van der Waals surface area (Å²) in [5, 5.41) is 0.792. The first-order valence-electron chi connectivity index (χ1n) is 4.98. The van der Waals surface area contributed by atoms with Crippen LogP contribution in [0.4, 0.5) is 0 Å². The lowest BCUT2D eigenvalue weighted by molar-refractivity contribution is -0.119. The highest BCUT2D eigenvalue weighted by Gasteiger charge is 2.22. The molecular formula is C11H14N2OS. The van der Waals surface area contributed by atoms with Crippen LogP contribution in [-0.2, 0) is 4.79 Å². The van der Waals surface area contributed by atoms with Gasteiger partial charge in [0.25, 0.3) is 0 Å². The third-order valence-corrected chi connectivity index (χ3v) is 3.72. The fraction of sp³-hybridized carbons (Fsp3) is 0.364. The Bertz CT molecular complexity index is 359. The van der Waals surface area contributed by atoms with Gasteiger partial charge in [0.05, 0.1) is 0 Å². The first kappa shape index (κ1) is 10.5. The minimum Gasteiger partial charge on any atom is -0.368 e. The number of carbonyl (C=O) groups is 1. The van der Waals surface area contributed by atoms with Gasteiger partial charge in [0.2, 0.25) is 5.91 Å². The van der Waals surface area contributed by atoms with Crippen LogP contribution in [0.1, 0.15) is 24.4 Å². The number of hydrogen-bond donors (Lipinski definition) is 2. The average molecular weight is 222 g/mol. The largest absolute Gasteiger partial charge is 0.368 e. The molecule has 1 fully saturated rings. The van der Waals surface area contributed by atoms with Crippen molar-refractivity contribution in [1.29, 1.82) is 0 Å². The van der Waals surface area contributed by atoms with Gasteiger partial charge in [-0.2, -0.15) is 0 Å². The van der Waals surface area contributed by atoms with Crippen LogP contribution in [0, 0.1) is 0 Å². The van der Waals surface area contributed by atoms with Crippen molar-refractivity contribution in [2.75, 3.05) is 0 Å². The highest BCUT2D eigenvalue weighted by atomic mass is 32.2. The van der Waals surface area contributed by atoms with Crippen LogP contribution >= 0.6 is 11.8 Å². The van der Waals surface area contributed by atoms with Crippen LogP contribution in [0.2, 0.25) is 0 Å². The average Bonchev–Trinajstić information content (AvgIpc) is 3.02. The molecule has 0 aromatic heterocycles. The maximum Gasteiger partial charge on any atom is 0.238 e. The second kappa shape index (κ2) is 4.24. The van der Waals surface area contributed by atoms with Gasteiger partial charge in [-0.05, 0) is 30.5 Å². The lowest BCUT2D eigenvalue weighted by Crippen LogP contribution is -2.28. The first-order valence-corrected chi connectivity index (χ1v) is 5.86. The van der Waals surface area contributed by atoms with E-state index >= 15 is 0 Å². The molecule has 0 bridgehead atoms. The summed E-state index contributed by atoms with van der Waals surface area (Å²) in [5.74, 6) is -0.488. The standard InChI is InChI=1S/C11H14N2OS/c12-10(11(13)14)7-1-3-8(4-2-7)15-9-5-6-9/h1-4,9-10H,5-6,12H2,(H2,13,14). The third kappa shape index (κ3) is 2.73. The van der Waals surface area contributed by atoms with Crippen molar-refractivity contribution in [3.8, 4) is 0 Å². The summed E-state index contributed by atoms with van der Waals surface area (Å²) in [6.07, 6.45) is 2.63. The van der Waals surface area contributed by atoms with E-state index in [4.69, 9.17) is 11.5 Å². The Kier molecular flexibility index (Phi) is 2.98. The van der Waals surface area contributed by atoms with E-state index < -0.39 is 11.9 Å². The molecule has 1 atom stereocenters. The molecular weight excluding hydrogens is 208 g/mol. The molecule has 4 N–H and O–H groups in total. The minimum atomic E-state index is -0.690. The number of rotatable bonds is 4. The predicted molar refractivity (Wildman–Crippen MR) is 61.4 cm³/mol. The van der Waals surface area contributed by atoms with Crippen LogP contribution in [0.3, 0.4) is 0 Å². The Morgan fingerprint density at radius 1 is 1.33 bits per heavy atom. The molecule has 0 heterocycles. The summed E-state index contributed by atoms with van der Waals surface area (Å²) in [6, 6.07) is 7.06. The molecule has 1 aliphatic rings. The Balaban J connectivity index is 2.05. The van der Waals surface area contributed by atoms with Crippen molar-refractivity contribution in [3.05, 3.63) is 29.8 Å². The number of thioether (sulfide) groups is 1. The van der Waals surface area contributed by atoms with E-state index in [2.05, 4.69) is 0 Å². The third-order valence-electron chi connectivity index (χ3n) is 2.37. The van der Waals surface area contributed by atoms with Crippen molar-refractivity contribution < 1.29 is 4.79 Å². The molecule has 4 heteroatoms. The monoisotopic (exact) mass is 222 g/mol. The molecule has 80 valence electrons. The molecule has 2 rings (SSSR count). The Hall–Kier alpha value is -1.00. The molecule has 0 spiro atoms. The maximum absolute atomic E-state index is 10.9. The molecule has 1 saturated carbocycles. The van der Waals surface area contributed by atoms with E-state index in [1.807, 2.05) is 36.0 Å². The lowest BCUT2D eigenvalue weighted by atomic mass is 10.1. The number of amides is 1. The van der Waals surface area contributed by atoms with Crippen LogP contribution in [0.5, 0.6) is 0 Å². The highest BCUT2D eigenvalue weighted by molar-refractivity contribution is 8.00. The van der Waals surface area contributed by atoms with Gasteiger partial charge in [-0.25, -0.2) is 0 Å². The molecule has 1 unspecified atom stereocenters. The summed E-state index contributed by atoms with van der Waals surface area (Å²) in [5.41, 5.74) is 11.5. The Labute approximate surface area is 93.2 Å². The second-order valence-corrected chi connectivity index (χ2v) is 5.14. The smallest absolute Gasteiger partial charge is 0.238 e. The lowest BCUT2D eigenvalue weighted by Gasteiger charge is -2.08. The minimum absolute atomic E-state index is 0.488. The van der Waals surface area contributed by atoms with E-state index in [1.54, 1.807) is 0 Å². The van der Waals surface area contributed by atoms with Crippen molar-refractivity contribution in [3.63, 3.8) is 0 Å². The molecule has 0 radical (unpaired) electrons. The molecule has 0 aliphatic heterocycles. The second-order valence-electron chi connectivity index (χ2n) is 3.77. The van der Waals surface area contributed by atoms with Gasteiger partial charge >= 0.3 is 0 Å². The van der Waals surface area contributed by atoms with Gasteiger partial charge in [0.15, 0.2) is 0 Å². The molecule has 15 heavy (non-hydrogen) atoms. The van der Waals surface area contributed by atoms with Gasteiger partial charge in [-0.3, -0.25) is 4.79 Å². The maximum atomic E-state index is 10.9. The van der Waals surface area contributed by atoms with E-state index in [1.165, 1.54) is 17.7 Å². The van der Waals surface area contributed by atoms with E-state index in [0.717, 1.165) is 10.8 Å². The quantitative estimate of drug-likeness (QED) is 0.809. The molecule has 1 aromatic rings. The van der Waals surface area contributed by atoms with Crippen LogP contribution in [0.15, 0.2) is 29.2 Å².